The van der Waals surface area contributed by atoms with Crippen LogP contribution in [-0.2, 0) is 4.79 Å². The van der Waals surface area contributed by atoms with Crippen molar-refractivity contribution in [3.05, 3.63) is 52.2 Å². The summed E-state index contributed by atoms with van der Waals surface area (Å²) in [7, 11) is 0. The first kappa shape index (κ1) is 22.6. The molecular formula is C21H26ClN3OS2. The van der Waals surface area contributed by atoms with E-state index in [0.29, 0.717) is 6.54 Å². The van der Waals surface area contributed by atoms with Crippen LogP contribution in [0.3, 0.4) is 0 Å². The van der Waals surface area contributed by atoms with E-state index in [2.05, 4.69) is 37.8 Å². The smallest absolute Gasteiger partial charge is 0.252 e. The van der Waals surface area contributed by atoms with E-state index in [1.54, 1.807) is 28.7 Å². The number of anilines is 1. The van der Waals surface area contributed by atoms with Crippen molar-refractivity contribution >= 4 is 62.4 Å². The Bertz CT molecular complexity index is 917. The second-order valence-corrected chi connectivity index (χ2v) is 8.32. The third kappa shape index (κ3) is 5.64. The number of benzene rings is 1. The van der Waals surface area contributed by atoms with Crippen molar-refractivity contribution in [2.24, 2.45) is 0 Å². The fourth-order valence-corrected chi connectivity index (χ4v) is 4.56. The van der Waals surface area contributed by atoms with E-state index < -0.39 is 0 Å². The molecule has 0 bridgehead atoms. The Morgan fingerprint density at radius 3 is 2.64 bits per heavy atom. The van der Waals surface area contributed by atoms with Crippen LogP contribution in [0, 0.1) is 6.92 Å². The number of amides is 1. The second kappa shape index (κ2) is 10.7. The Morgan fingerprint density at radius 2 is 1.96 bits per heavy atom. The SMILES string of the molecule is CCN(CC)CCN(C(=O)C=Cc1cccs1)c1nc2ccc(C)cc2s1.Cl. The molecule has 4 nitrogen and oxygen atoms in total. The van der Waals surface area contributed by atoms with Gasteiger partial charge in [-0.15, -0.1) is 23.7 Å². The van der Waals surface area contributed by atoms with E-state index in [9.17, 15) is 4.79 Å². The number of carbonyl (C=O) groups excluding carboxylic acids is 1. The van der Waals surface area contributed by atoms with Gasteiger partial charge in [0.1, 0.15) is 0 Å². The lowest BCUT2D eigenvalue weighted by Crippen LogP contribution is -2.38. The lowest BCUT2D eigenvalue weighted by atomic mass is 10.2. The van der Waals surface area contributed by atoms with Crippen LogP contribution in [0.25, 0.3) is 16.3 Å². The predicted octanol–water partition coefficient (Wildman–Crippen LogP) is 5.48. The van der Waals surface area contributed by atoms with E-state index in [1.165, 1.54) is 5.56 Å². The minimum atomic E-state index is -0.0219. The average Bonchev–Trinajstić information content (AvgIpc) is 3.32. The first-order chi connectivity index (χ1) is 13.1. The fourth-order valence-electron chi connectivity index (χ4n) is 2.85. The number of aromatic nitrogens is 1. The number of rotatable bonds is 8. The number of thiazole rings is 1. The van der Waals surface area contributed by atoms with Crippen LogP contribution in [0.15, 0.2) is 41.8 Å². The number of fused-ring (bicyclic) bond motifs is 1. The molecule has 2 aromatic heterocycles. The molecule has 0 saturated heterocycles. The van der Waals surface area contributed by atoms with E-state index in [0.717, 1.165) is 39.9 Å². The van der Waals surface area contributed by atoms with Crippen LogP contribution >= 0.6 is 35.1 Å². The predicted molar refractivity (Wildman–Crippen MR) is 125 cm³/mol. The van der Waals surface area contributed by atoms with Gasteiger partial charge in [0, 0.05) is 24.0 Å². The van der Waals surface area contributed by atoms with Crippen molar-refractivity contribution in [1.82, 2.24) is 9.88 Å². The molecule has 1 aromatic carbocycles. The Kier molecular flexibility index (Phi) is 8.63. The summed E-state index contributed by atoms with van der Waals surface area (Å²) in [5, 5.41) is 2.78. The lowest BCUT2D eigenvalue weighted by molar-refractivity contribution is -0.114. The molecule has 0 spiro atoms. The molecule has 0 atom stereocenters. The van der Waals surface area contributed by atoms with Crippen molar-refractivity contribution in [3.63, 3.8) is 0 Å². The van der Waals surface area contributed by atoms with Gasteiger partial charge in [-0.2, -0.15) is 0 Å². The number of carbonyl (C=O) groups is 1. The third-order valence-electron chi connectivity index (χ3n) is 4.50. The van der Waals surface area contributed by atoms with Crippen LogP contribution < -0.4 is 4.90 Å². The van der Waals surface area contributed by atoms with Crippen LogP contribution in [0.4, 0.5) is 5.13 Å². The van der Waals surface area contributed by atoms with Gasteiger partial charge >= 0.3 is 0 Å². The van der Waals surface area contributed by atoms with Gasteiger partial charge in [-0.25, -0.2) is 4.98 Å². The number of halogens is 1. The quantitative estimate of drug-likeness (QED) is 0.440. The van der Waals surface area contributed by atoms with Crippen molar-refractivity contribution in [1.29, 1.82) is 0 Å². The molecule has 0 unspecified atom stereocenters. The Morgan fingerprint density at radius 1 is 1.18 bits per heavy atom. The highest BCUT2D eigenvalue weighted by Crippen LogP contribution is 2.29. The van der Waals surface area contributed by atoms with Crippen LogP contribution in [0.1, 0.15) is 24.3 Å². The summed E-state index contributed by atoms with van der Waals surface area (Å²) in [6.07, 6.45) is 3.54. The molecule has 3 aromatic rings. The topological polar surface area (TPSA) is 36.4 Å². The second-order valence-electron chi connectivity index (χ2n) is 6.33. The number of hydrogen-bond acceptors (Lipinski definition) is 5. The standard InChI is InChI=1S/C21H25N3OS2.ClH/c1-4-23(5-2)12-13-24(20(25)11-9-17-7-6-14-26-17)21-22-18-10-8-16(3)15-19(18)27-21;/h6-11,14-15H,4-5,12-13H2,1-3H3;1H. The lowest BCUT2D eigenvalue weighted by Gasteiger charge is -2.23. The van der Waals surface area contributed by atoms with Gasteiger partial charge in [-0.05, 0) is 55.2 Å². The number of thiophene rings is 1. The highest BCUT2D eigenvalue weighted by atomic mass is 35.5. The zero-order chi connectivity index (χ0) is 19.2. The monoisotopic (exact) mass is 435 g/mol. The van der Waals surface area contributed by atoms with Crippen LogP contribution in [0.2, 0.25) is 0 Å². The summed E-state index contributed by atoms with van der Waals surface area (Å²) < 4.78 is 1.12. The first-order valence-corrected chi connectivity index (χ1v) is 10.9. The largest absolute Gasteiger partial charge is 0.302 e. The minimum absolute atomic E-state index is 0. The molecule has 0 saturated carbocycles. The van der Waals surface area contributed by atoms with Crippen LogP contribution in [-0.4, -0.2) is 42.0 Å². The number of hydrogen-bond donors (Lipinski definition) is 0. The molecule has 0 radical (unpaired) electrons. The molecule has 7 heteroatoms. The summed E-state index contributed by atoms with van der Waals surface area (Å²) >= 11 is 3.21. The molecule has 0 aliphatic heterocycles. The van der Waals surface area contributed by atoms with Gasteiger partial charge in [0.15, 0.2) is 5.13 Å². The Balaban J connectivity index is 0.00000280. The van der Waals surface area contributed by atoms with Gasteiger partial charge in [-0.3, -0.25) is 9.69 Å². The zero-order valence-corrected chi connectivity index (χ0v) is 18.9. The van der Waals surface area contributed by atoms with Crippen molar-refractivity contribution in [2.45, 2.75) is 20.8 Å². The molecular weight excluding hydrogens is 410 g/mol. The van der Waals surface area contributed by atoms with E-state index in [4.69, 9.17) is 4.98 Å². The van der Waals surface area contributed by atoms with Crippen LogP contribution in [0.5, 0.6) is 0 Å². The molecule has 150 valence electrons. The average molecular weight is 436 g/mol. The molecule has 0 N–H and O–H groups in total. The van der Waals surface area contributed by atoms with E-state index >= 15 is 0 Å². The van der Waals surface area contributed by atoms with E-state index in [-0.39, 0.29) is 18.3 Å². The van der Waals surface area contributed by atoms with E-state index in [1.807, 2.05) is 34.6 Å². The summed E-state index contributed by atoms with van der Waals surface area (Å²) in [4.78, 5) is 22.9. The molecule has 3 rings (SSSR count). The highest BCUT2D eigenvalue weighted by molar-refractivity contribution is 7.22. The van der Waals surface area contributed by atoms with Gasteiger partial charge in [0.25, 0.3) is 5.91 Å². The first-order valence-electron chi connectivity index (χ1n) is 9.23. The summed E-state index contributed by atoms with van der Waals surface area (Å²) in [5.74, 6) is -0.0219. The molecule has 0 fully saturated rings. The normalized spacial score (nSPS) is 11.3. The summed E-state index contributed by atoms with van der Waals surface area (Å²) in [6, 6.07) is 10.2. The number of likely N-dealkylation sites (N-methyl/N-ethyl adjacent to an activating group) is 1. The summed E-state index contributed by atoms with van der Waals surface area (Å²) in [5.41, 5.74) is 2.15. The van der Waals surface area contributed by atoms with Gasteiger partial charge in [0.2, 0.25) is 0 Å². The molecule has 28 heavy (non-hydrogen) atoms. The number of aryl methyl sites for hydroxylation is 1. The molecule has 0 aliphatic carbocycles. The van der Waals surface area contributed by atoms with Crippen molar-refractivity contribution in [3.8, 4) is 0 Å². The summed E-state index contributed by atoms with van der Waals surface area (Å²) in [6.45, 7) is 9.78. The Labute approximate surface area is 180 Å². The third-order valence-corrected chi connectivity index (χ3v) is 6.38. The maximum absolute atomic E-state index is 13.0. The van der Waals surface area contributed by atoms with Crippen molar-refractivity contribution in [2.75, 3.05) is 31.1 Å². The maximum Gasteiger partial charge on any atom is 0.252 e. The minimum Gasteiger partial charge on any atom is -0.302 e. The fraction of sp³-hybridized carbons (Fsp3) is 0.333. The molecule has 0 aliphatic rings. The molecule has 2 heterocycles. The highest BCUT2D eigenvalue weighted by Gasteiger charge is 2.18. The maximum atomic E-state index is 13.0. The molecule has 1 amide bonds. The number of nitrogens with zero attached hydrogens (tertiary/aromatic N) is 3. The van der Waals surface area contributed by atoms with Crippen molar-refractivity contribution < 1.29 is 4.79 Å². The van der Waals surface area contributed by atoms with Gasteiger partial charge < -0.3 is 4.90 Å². The van der Waals surface area contributed by atoms with Gasteiger partial charge in [0.05, 0.1) is 10.2 Å². The zero-order valence-electron chi connectivity index (χ0n) is 16.4. The Hall–Kier alpha value is -1.73. The van der Waals surface area contributed by atoms with Gasteiger partial charge in [-0.1, -0.05) is 37.3 Å².